The molecule has 2 aromatic rings. The van der Waals surface area contributed by atoms with Crippen molar-refractivity contribution in [2.24, 2.45) is 5.92 Å². The molecule has 0 bridgehead atoms. The van der Waals surface area contributed by atoms with Gasteiger partial charge >= 0.3 is 18.0 Å². The number of ether oxygens (including phenoxy) is 3. The fraction of sp³-hybridized carbons (Fsp3) is 0.448. The maximum atomic E-state index is 13.1. The van der Waals surface area contributed by atoms with E-state index in [9.17, 15) is 19.2 Å². The maximum Gasteiger partial charge on any atom is 0.408 e. The van der Waals surface area contributed by atoms with Crippen LogP contribution in [-0.2, 0) is 41.8 Å². The number of rotatable bonds is 12. The van der Waals surface area contributed by atoms with Gasteiger partial charge in [-0.3, -0.25) is 4.79 Å². The topological polar surface area (TPSA) is 111 Å². The molecule has 9 nitrogen and oxygen atoms in total. The second kappa shape index (κ2) is 13.5. The summed E-state index contributed by atoms with van der Waals surface area (Å²) in [6, 6.07) is 16.9. The van der Waals surface area contributed by atoms with Crippen molar-refractivity contribution in [1.29, 1.82) is 0 Å². The summed E-state index contributed by atoms with van der Waals surface area (Å²) in [5.74, 6) is -1.30. The molecule has 2 aromatic carbocycles. The number of carbonyl (C=O) groups excluding carboxylic acids is 4. The number of amides is 2. The molecule has 0 aromatic heterocycles. The third-order valence-electron chi connectivity index (χ3n) is 6.80. The molecule has 2 aliphatic heterocycles. The van der Waals surface area contributed by atoms with Crippen molar-refractivity contribution >= 4 is 47.5 Å². The molecule has 4 rings (SSSR count). The molecular formula is C29H34N2O7S2. The number of carbonyl (C=O) groups is 4. The van der Waals surface area contributed by atoms with Crippen LogP contribution in [-0.4, -0.2) is 69.7 Å². The number of esters is 2. The number of nitrogens with zero attached hydrogens (tertiary/aromatic N) is 1. The molecule has 0 aliphatic carbocycles. The van der Waals surface area contributed by atoms with Crippen molar-refractivity contribution in [1.82, 2.24) is 10.2 Å². The van der Waals surface area contributed by atoms with Crippen LogP contribution < -0.4 is 5.32 Å². The molecular weight excluding hydrogens is 552 g/mol. The molecule has 2 amide bonds. The highest BCUT2D eigenvalue weighted by Crippen LogP contribution is 2.53. The third kappa shape index (κ3) is 7.11. The number of thioether (sulfide) groups is 2. The average molecular weight is 587 g/mol. The van der Waals surface area contributed by atoms with E-state index in [-0.39, 0.29) is 31.1 Å². The van der Waals surface area contributed by atoms with Crippen LogP contribution in [0.5, 0.6) is 0 Å². The molecule has 214 valence electrons. The molecule has 11 heteroatoms. The highest BCUT2D eigenvalue weighted by atomic mass is 32.2. The van der Waals surface area contributed by atoms with Gasteiger partial charge in [0.05, 0.1) is 5.37 Å². The number of hydrogen-bond donors (Lipinski definition) is 1. The summed E-state index contributed by atoms with van der Waals surface area (Å²) in [4.78, 5) is 52.9. The molecule has 40 heavy (non-hydrogen) atoms. The molecule has 2 fully saturated rings. The second-order valence-electron chi connectivity index (χ2n) is 10.1. The fourth-order valence-corrected chi connectivity index (χ4v) is 6.83. The van der Waals surface area contributed by atoms with Crippen LogP contribution in [0.4, 0.5) is 4.79 Å². The van der Waals surface area contributed by atoms with Gasteiger partial charge in [0.1, 0.15) is 37.8 Å². The first kappa shape index (κ1) is 29.8. The predicted molar refractivity (Wildman–Crippen MR) is 153 cm³/mol. The first-order valence-electron chi connectivity index (χ1n) is 13.0. The largest absolute Gasteiger partial charge is 0.463 e. The Morgan fingerprint density at radius 2 is 1.57 bits per heavy atom. The van der Waals surface area contributed by atoms with E-state index < -0.39 is 40.8 Å². The number of alkyl carbamates (subject to hydrolysis) is 1. The average Bonchev–Trinajstić information content (AvgIpc) is 3.21. The van der Waals surface area contributed by atoms with E-state index in [1.165, 1.54) is 23.5 Å². The molecule has 2 aliphatic rings. The van der Waals surface area contributed by atoms with Crippen LogP contribution in [0.15, 0.2) is 60.7 Å². The standard InChI is InChI=1S/C29H34N2O7S2/c1-29(2)23(27(34)36-16-19-10-6-4-7-11-19)31-24(32)21(25(31)40-29)18-37-26(33)22(14-15-39-3)30-28(35)38-17-20-12-8-5-9-13-20/h4-13,21-23,25H,14-18H2,1-3H3,(H,30,35)/t21-,22-,23+,25-/m1/s1. The fourth-order valence-electron chi connectivity index (χ4n) is 4.70. The van der Waals surface area contributed by atoms with Gasteiger partial charge in [-0.05, 0) is 43.4 Å². The minimum absolute atomic E-state index is 0.0764. The third-order valence-corrected chi connectivity index (χ3v) is 9.08. The van der Waals surface area contributed by atoms with Crippen LogP contribution in [0.2, 0.25) is 0 Å². The zero-order chi connectivity index (χ0) is 28.7. The smallest absolute Gasteiger partial charge is 0.408 e. The maximum absolute atomic E-state index is 13.1. The van der Waals surface area contributed by atoms with Gasteiger partial charge in [-0.25, -0.2) is 14.4 Å². The monoisotopic (exact) mass is 586 g/mol. The minimum atomic E-state index is -0.907. The van der Waals surface area contributed by atoms with Gasteiger partial charge in [0, 0.05) is 4.75 Å². The Hall–Kier alpha value is -3.18. The predicted octanol–water partition coefficient (Wildman–Crippen LogP) is 4.00. The lowest BCUT2D eigenvalue weighted by molar-refractivity contribution is -0.171. The lowest BCUT2D eigenvalue weighted by Gasteiger charge is -2.43. The van der Waals surface area contributed by atoms with Gasteiger partial charge in [0.2, 0.25) is 5.91 Å². The Bertz CT molecular complexity index is 1200. The minimum Gasteiger partial charge on any atom is -0.463 e. The van der Waals surface area contributed by atoms with E-state index in [1.807, 2.05) is 80.8 Å². The molecule has 0 unspecified atom stereocenters. The van der Waals surface area contributed by atoms with Gasteiger partial charge < -0.3 is 24.4 Å². The first-order chi connectivity index (χ1) is 19.2. The molecule has 1 N–H and O–H groups in total. The summed E-state index contributed by atoms with van der Waals surface area (Å²) in [6.45, 7) is 3.88. The molecule has 0 saturated carbocycles. The number of fused-ring (bicyclic) bond motifs is 1. The van der Waals surface area contributed by atoms with Crippen LogP contribution in [0.3, 0.4) is 0 Å². The lowest BCUT2D eigenvalue weighted by Crippen LogP contribution is -2.64. The van der Waals surface area contributed by atoms with Crippen molar-refractivity contribution in [3.05, 3.63) is 71.8 Å². The molecule has 4 atom stereocenters. The van der Waals surface area contributed by atoms with E-state index in [4.69, 9.17) is 14.2 Å². The first-order valence-corrected chi connectivity index (χ1v) is 15.3. The van der Waals surface area contributed by atoms with E-state index >= 15 is 0 Å². The van der Waals surface area contributed by atoms with Crippen molar-refractivity contribution in [3.63, 3.8) is 0 Å². The normalized spacial score (nSPS) is 21.5. The summed E-state index contributed by atoms with van der Waals surface area (Å²) in [5, 5.41) is 2.28. The van der Waals surface area contributed by atoms with Crippen molar-refractivity contribution in [2.75, 3.05) is 18.6 Å². The number of nitrogens with one attached hydrogen (secondary N) is 1. The Morgan fingerprint density at radius 1 is 0.975 bits per heavy atom. The van der Waals surface area contributed by atoms with Crippen LogP contribution in [0.25, 0.3) is 0 Å². The van der Waals surface area contributed by atoms with E-state index in [0.29, 0.717) is 12.2 Å². The zero-order valence-corrected chi connectivity index (χ0v) is 24.4. The number of β-lactam (4-membered cyclic amide) rings is 1. The van der Waals surface area contributed by atoms with Crippen molar-refractivity contribution < 1.29 is 33.4 Å². The summed E-state index contributed by atoms with van der Waals surface area (Å²) >= 11 is 3.03. The molecule has 0 radical (unpaired) electrons. The van der Waals surface area contributed by atoms with Crippen molar-refractivity contribution in [2.45, 2.75) is 55.7 Å². The SMILES string of the molecule is CSCC[C@@H](NC(=O)OCc1ccccc1)C(=O)OC[C@@H]1C(=O)N2[C@@H]1SC(C)(C)[C@@H]2C(=O)OCc1ccccc1. The van der Waals surface area contributed by atoms with Gasteiger partial charge in [-0.2, -0.15) is 11.8 Å². The Kier molecular flexibility index (Phi) is 10.0. The molecule has 2 heterocycles. The Morgan fingerprint density at radius 3 is 2.17 bits per heavy atom. The van der Waals surface area contributed by atoms with E-state index in [0.717, 1.165) is 11.1 Å². The summed E-state index contributed by atoms with van der Waals surface area (Å²) < 4.78 is 15.8. The van der Waals surface area contributed by atoms with Gasteiger partial charge in [0.15, 0.2) is 0 Å². The summed E-state index contributed by atoms with van der Waals surface area (Å²) in [7, 11) is 0. The van der Waals surface area contributed by atoms with Crippen molar-refractivity contribution in [3.8, 4) is 0 Å². The Labute approximate surface area is 242 Å². The lowest BCUT2D eigenvalue weighted by atomic mass is 9.92. The van der Waals surface area contributed by atoms with Gasteiger partial charge in [-0.1, -0.05) is 60.7 Å². The zero-order valence-electron chi connectivity index (χ0n) is 22.7. The van der Waals surface area contributed by atoms with Gasteiger partial charge in [0.25, 0.3) is 0 Å². The molecule has 2 saturated heterocycles. The number of hydrogen-bond acceptors (Lipinski definition) is 9. The van der Waals surface area contributed by atoms with Crippen LogP contribution in [0.1, 0.15) is 31.4 Å². The van der Waals surface area contributed by atoms with Crippen LogP contribution in [0, 0.1) is 5.92 Å². The molecule has 0 spiro atoms. The summed E-state index contributed by atoms with van der Waals surface area (Å²) in [5.41, 5.74) is 1.69. The van der Waals surface area contributed by atoms with Crippen LogP contribution >= 0.6 is 23.5 Å². The second-order valence-corrected chi connectivity index (χ2v) is 12.9. The van der Waals surface area contributed by atoms with E-state index in [2.05, 4.69) is 5.32 Å². The number of benzene rings is 2. The highest BCUT2D eigenvalue weighted by molar-refractivity contribution is 8.01. The summed E-state index contributed by atoms with van der Waals surface area (Å²) in [6.07, 6.45) is 1.53. The van der Waals surface area contributed by atoms with Gasteiger partial charge in [-0.15, -0.1) is 11.8 Å². The Balaban J connectivity index is 1.30. The van der Waals surface area contributed by atoms with E-state index in [1.54, 1.807) is 4.90 Å². The highest BCUT2D eigenvalue weighted by Gasteiger charge is 2.64. The quantitative estimate of drug-likeness (QED) is 0.224.